The zero-order chi connectivity index (χ0) is 20.1. The summed E-state index contributed by atoms with van der Waals surface area (Å²) in [7, 11) is -3.77. The molecule has 0 saturated heterocycles. The highest BCUT2D eigenvalue weighted by Crippen LogP contribution is 2.39. The topological polar surface area (TPSA) is 93.1 Å². The number of carbonyl (C=O) groups excluding carboxylic acids is 1. The normalized spacial score (nSPS) is 19.3. The minimum absolute atomic E-state index is 0.0535. The van der Waals surface area contributed by atoms with Crippen LogP contribution in [0.2, 0.25) is 0 Å². The fourth-order valence-electron chi connectivity index (χ4n) is 4.27. The minimum atomic E-state index is -3.77. The number of anilines is 2. The summed E-state index contributed by atoms with van der Waals surface area (Å²) in [4.78, 5) is 12.1. The van der Waals surface area contributed by atoms with Gasteiger partial charge in [-0.25, -0.2) is 13.1 Å². The number of amides is 1. The number of nitrogens with zero attached hydrogens (tertiary/aromatic N) is 2. The lowest BCUT2D eigenvalue weighted by Crippen LogP contribution is -2.32. The van der Waals surface area contributed by atoms with E-state index in [4.69, 9.17) is 0 Å². The van der Waals surface area contributed by atoms with Crippen LogP contribution in [0.3, 0.4) is 0 Å². The average molecular weight is 403 g/mol. The highest BCUT2D eigenvalue weighted by Gasteiger charge is 2.33. The zero-order valence-corrected chi connectivity index (χ0v) is 17.3. The largest absolute Gasteiger partial charge is 0.326 e. The number of nitrogens with one attached hydrogen (secondary N) is 2. The summed E-state index contributed by atoms with van der Waals surface area (Å²) in [5, 5.41) is 7.34. The van der Waals surface area contributed by atoms with Gasteiger partial charge in [0.2, 0.25) is 5.91 Å². The third kappa shape index (κ3) is 3.41. The molecule has 2 aliphatic rings. The molecule has 0 bridgehead atoms. The van der Waals surface area contributed by atoms with Gasteiger partial charge in [-0.05, 0) is 43.5 Å². The first-order chi connectivity index (χ1) is 13.2. The van der Waals surface area contributed by atoms with Crippen LogP contribution < -0.4 is 10.0 Å². The van der Waals surface area contributed by atoms with E-state index in [1.54, 1.807) is 18.2 Å². The molecule has 150 valence electrons. The molecule has 0 atom stereocenters. The fraction of sp³-hybridized carbons (Fsp3) is 0.500. The van der Waals surface area contributed by atoms with Crippen molar-refractivity contribution in [3.05, 3.63) is 35.5 Å². The maximum absolute atomic E-state index is 13.1. The monoisotopic (exact) mass is 402 g/mol. The van der Waals surface area contributed by atoms with Crippen LogP contribution in [0, 0.1) is 6.92 Å². The Hall–Kier alpha value is -2.35. The van der Waals surface area contributed by atoms with Crippen molar-refractivity contribution >= 4 is 27.4 Å². The number of aromatic nitrogens is 2. The van der Waals surface area contributed by atoms with Crippen LogP contribution in [0.25, 0.3) is 0 Å². The lowest BCUT2D eigenvalue weighted by Gasteiger charge is -2.32. The lowest BCUT2D eigenvalue weighted by molar-refractivity contribution is -0.117. The number of rotatable bonds is 4. The van der Waals surface area contributed by atoms with Gasteiger partial charge in [0.25, 0.3) is 10.0 Å². The zero-order valence-electron chi connectivity index (χ0n) is 16.4. The van der Waals surface area contributed by atoms with Crippen LogP contribution in [-0.2, 0) is 20.2 Å². The molecule has 2 N–H and O–H groups in total. The van der Waals surface area contributed by atoms with E-state index in [2.05, 4.69) is 15.1 Å². The molecule has 1 saturated carbocycles. The van der Waals surface area contributed by atoms with Gasteiger partial charge in [-0.3, -0.25) is 9.52 Å². The first-order valence-corrected chi connectivity index (χ1v) is 11.2. The van der Waals surface area contributed by atoms with Crippen LogP contribution in [0.5, 0.6) is 0 Å². The average Bonchev–Trinajstić information content (AvgIpc) is 3.22. The molecule has 0 spiro atoms. The van der Waals surface area contributed by atoms with Gasteiger partial charge in [-0.1, -0.05) is 26.7 Å². The second-order valence-electron chi connectivity index (χ2n) is 8.48. The third-order valence-corrected chi connectivity index (χ3v) is 7.03. The summed E-state index contributed by atoms with van der Waals surface area (Å²) < 4.78 is 30.8. The van der Waals surface area contributed by atoms with Gasteiger partial charge >= 0.3 is 0 Å². The minimum Gasteiger partial charge on any atom is -0.326 e. The first kappa shape index (κ1) is 19.0. The van der Waals surface area contributed by atoms with Gasteiger partial charge in [-0.15, -0.1) is 0 Å². The van der Waals surface area contributed by atoms with E-state index in [1.165, 1.54) is 6.07 Å². The van der Waals surface area contributed by atoms with Gasteiger partial charge in [0.05, 0.1) is 16.6 Å². The van der Waals surface area contributed by atoms with E-state index < -0.39 is 15.4 Å². The molecule has 1 aliphatic heterocycles. The van der Waals surface area contributed by atoms with Crippen molar-refractivity contribution in [2.24, 2.45) is 0 Å². The molecular weight excluding hydrogens is 376 g/mol. The molecule has 7 nitrogen and oxygen atoms in total. The Morgan fingerprint density at radius 2 is 1.93 bits per heavy atom. The summed E-state index contributed by atoms with van der Waals surface area (Å²) in [5.41, 5.74) is 1.87. The van der Waals surface area contributed by atoms with E-state index in [0.29, 0.717) is 17.9 Å². The molecule has 0 radical (unpaired) electrons. The van der Waals surface area contributed by atoms with E-state index in [1.807, 2.05) is 25.5 Å². The highest BCUT2D eigenvalue weighted by molar-refractivity contribution is 7.92. The summed E-state index contributed by atoms with van der Waals surface area (Å²) in [6, 6.07) is 6.89. The van der Waals surface area contributed by atoms with Crippen molar-refractivity contribution in [1.82, 2.24) is 9.78 Å². The summed E-state index contributed by atoms with van der Waals surface area (Å²) in [5.74, 6) is 0.455. The Kier molecular flexibility index (Phi) is 4.49. The molecule has 1 fully saturated rings. The number of sulfonamides is 1. The Morgan fingerprint density at radius 1 is 1.21 bits per heavy atom. The van der Waals surface area contributed by atoms with Crippen molar-refractivity contribution in [3.63, 3.8) is 0 Å². The number of fused-ring (bicyclic) bond motifs is 1. The molecule has 2 aromatic rings. The first-order valence-electron chi connectivity index (χ1n) is 9.69. The Bertz CT molecular complexity index is 1030. The molecule has 1 amide bonds. The molecule has 2 heterocycles. The van der Waals surface area contributed by atoms with Gasteiger partial charge < -0.3 is 5.32 Å². The SMILES string of the molecule is Cc1cc(NS(=O)(=O)c2ccc3c(c2)C(C)(C)CC(=O)N3)n(C2CCCC2)n1. The predicted octanol–water partition coefficient (Wildman–Crippen LogP) is 3.73. The summed E-state index contributed by atoms with van der Waals surface area (Å²) in [6.45, 7) is 5.77. The quantitative estimate of drug-likeness (QED) is 0.815. The third-order valence-electron chi connectivity index (χ3n) is 5.67. The number of aryl methyl sites for hydroxylation is 1. The van der Waals surface area contributed by atoms with E-state index in [-0.39, 0.29) is 16.8 Å². The van der Waals surface area contributed by atoms with Gasteiger partial charge in [0.15, 0.2) is 0 Å². The lowest BCUT2D eigenvalue weighted by atomic mass is 9.78. The van der Waals surface area contributed by atoms with Gasteiger partial charge in [0, 0.05) is 23.6 Å². The number of benzene rings is 1. The predicted molar refractivity (Wildman–Crippen MR) is 108 cm³/mol. The molecule has 1 aliphatic carbocycles. The summed E-state index contributed by atoms with van der Waals surface area (Å²) >= 11 is 0. The second kappa shape index (κ2) is 6.62. The van der Waals surface area contributed by atoms with Crippen molar-refractivity contribution < 1.29 is 13.2 Å². The smallest absolute Gasteiger partial charge is 0.263 e. The van der Waals surface area contributed by atoms with Crippen molar-refractivity contribution in [2.45, 2.75) is 69.2 Å². The standard InChI is InChI=1S/C20H26N4O3S/c1-13-10-18(24(22-13)14-6-4-5-7-14)23-28(26,27)15-8-9-17-16(11-15)20(2,3)12-19(25)21-17/h8-11,14,23H,4-7,12H2,1-3H3,(H,21,25). The molecule has 8 heteroatoms. The molecule has 4 rings (SSSR count). The Morgan fingerprint density at radius 3 is 2.64 bits per heavy atom. The maximum Gasteiger partial charge on any atom is 0.263 e. The molecule has 1 aromatic carbocycles. The number of hydrogen-bond acceptors (Lipinski definition) is 4. The molecule has 0 unspecified atom stereocenters. The van der Waals surface area contributed by atoms with Gasteiger partial charge in [0.1, 0.15) is 5.82 Å². The Labute approximate surface area is 165 Å². The summed E-state index contributed by atoms with van der Waals surface area (Å²) in [6.07, 6.45) is 4.64. The molecular formula is C20H26N4O3S. The molecule has 1 aromatic heterocycles. The fourth-order valence-corrected chi connectivity index (χ4v) is 5.33. The van der Waals surface area contributed by atoms with Crippen LogP contribution in [-0.4, -0.2) is 24.1 Å². The van der Waals surface area contributed by atoms with Crippen molar-refractivity contribution in [2.75, 3.05) is 10.0 Å². The van der Waals surface area contributed by atoms with Crippen molar-refractivity contribution in [3.8, 4) is 0 Å². The van der Waals surface area contributed by atoms with E-state index in [9.17, 15) is 13.2 Å². The highest BCUT2D eigenvalue weighted by atomic mass is 32.2. The van der Waals surface area contributed by atoms with Crippen LogP contribution in [0.15, 0.2) is 29.2 Å². The maximum atomic E-state index is 13.1. The number of carbonyl (C=O) groups is 1. The van der Waals surface area contributed by atoms with Crippen LogP contribution >= 0.6 is 0 Å². The second-order valence-corrected chi connectivity index (χ2v) is 10.2. The van der Waals surface area contributed by atoms with Crippen LogP contribution in [0.1, 0.15) is 63.3 Å². The molecule has 28 heavy (non-hydrogen) atoms. The van der Waals surface area contributed by atoms with Gasteiger partial charge in [-0.2, -0.15) is 5.10 Å². The van der Waals surface area contributed by atoms with E-state index >= 15 is 0 Å². The van der Waals surface area contributed by atoms with Crippen molar-refractivity contribution in [1.29, 1.82) is 0 Å². The number of hydrogen-bond donors (Lipinski definition) is 2. The van der Waals surface area contributed by atoms with Crippen LogP contribution in [0.4, 0.5) is 11.5 Å². The van der Waals surface area contributed by atoms with E-state index in [0.717, 1.165) is 36.9 Å². The Balaban J connectivity index is 1.68.